The smallest absolute Gasteiger partial charge is 0.180 e. The van der Waals surface area contributed by atoms with Crippen LogP contribution in [-0.2, 0) is 14.2 Å². The standard InChI is InChI=1S/C11H23ClO3Si/c1-6-10(16(4,5)12)13-7-9-8-14-11(2,3)15-9/h9-10H,6-8H2,1-5H3. The van der Waals surface area contributed by atoms with E-state index < -0.39 is 13.2 Å². The predicted octanol–water partition coefficient (Wildman–Crippen LogP) is 2.92. The van der Waals surface area contributed by atoms with E-state index in [0.717, 1.165) is 6.42 Å². The molecule has 16 heavy (non-hydrogen) atoms. The van der Waals surface area contributed by atoms with E-state index in [4.69, 9.17) is 25.3 Å². The van der Waals surface area contributed by atoms with Crippen LogP contribution >= 0.6 is 11.1 Å². The van der Waals surface area contributed by atoms with Crippen LogP contribution < -0.4 is 0 Å². The Hall–Kier alpha value is 0.387. The molecule has 1 aliphatic rings. The maximum atomic E-state index is 6.38. The van der Waals surface area contributed by atoms with E-state index in [1.807, 2.05) is 13.8 Å². The highest BCUT2D eigenvalue weighted by Gasteiger charge is 2.35. The summed E-state index contributed by atoms with van der Waals surface area (Å²) in [6.07, 6.45) is 0.997. The molecular weight excluding hydrogens is 244 g/mol. The average Bonchev–Trinajstić information content (AvgIpc) is 2.44. The van der Waals surface area contributed by atoms with Crippen LogP contribution in [0.5, 0.6) is 0 Å². The van der Waals surface area contributed by atoms with Gasteiger partial charge in [0.15, 0.2) is 13.2 Å². The van der Waals surface area contributed by atoms with Crippen LogP contribution in [0.3, 0.4) is 0 Å². The average molecular weight is 267 g/mol. The fraction of sp³-hybridized carbons (Fsp3) is 1.00. The summed E-state index contributed by atoms with van der Waals surface area (Å²) in [5, 5.41) is 0. The molecule has 1 saturated heterocycles. The SMILES string of the molecule is CCC(OCC1COC(C)(C)O1)[Si](C)(C)Cl. The van der Waals surface area contributed by atoms with E-state index in [1.54, 1.807) is 0 Å². The highest BCUT2D eigenvalue weighted by Crippen LogP contribution is 2.24. The van der Waals surface area contributed by atoms with Crippen LogP contribution in [0.25, 0.3) is 0 Å². The van der Waals surface area contributed by atoms with Crippen LogP contribution in [0, 0.1) is 0 Å². The fourth-order valence-electron chi connectivity index (χ4n) is 1.87. The summed E-state index contributed by atoms with van der Waals surface area (Å²) in [5.41, 5.74) is 0.182. The van der Waals surface area contributed by atoms with Crippen molar-refractivity contribution < 1.29 is 14.2 Å². The lowest BCUT2D eigenvalue weighted by Gasteiger charge is -2.26. The number of ether oxygens (including phenoxy) is 3. The van der Waals surface area contributed by atoms with Crippen LogP contribution in [0.2, 0.25) is 13.1 Å². The highest BCUT2D eigenvalue weighted by atomic mass is 35.6. The van der Waals surface area contributed by atoms with Gasteiger partial charge in [0.05, 0.1) is 18.9 Å². The summed E-state index contributed by atoms with van der Waals surface area (Å²) in [7, 11) is -1.74. The van der Waals surface area contributed by atoms with Crippen LogP contribution in [0.15, 0.2) is 0 Å². The fourth-order valence-corrected chi connectivity index (χ4v) is 3.99. The Morgan fingerprint density at radius 3 is 2.50 bits per heavy atom. The molecule has 0 aromatic rings. The molecule has 5 heteroatoms. The van der Waals surface area contributed by atoms with Gasteiger partial charge < -0.3 is 14.2 Å². The zero-order valence-electron chi connectivity index (χ0n) is 10.9. The maximum Gasteiger partial charge on any atom is 0.180 e. The third-order valence-corrected chi connectivity index (χ3v) is 5.52. The molecule has 0 spiro atoms. The Kier molecular flexibility index (Phi) is 4.84. The first-order valence-corrected chi connectivity index (χ1v) is 9.96. The summed E-state index contributed by atoms with van der Waals surface area (Å²) in [4.78, 5) is 0. The molecule has 0 bridgehead atoms. The molecule has 0 aliphatic carbocycles. The first-order valence-electron chi connectivity index (χ1n) is 5.87. The third-order valence-electron chi connectivity index (χ3n) is 2.69. The van der Waals surface area contributed by atoms with Crippen molar-refractivity contribution in [1.29, 1.82) is 0 Å². The molecular formula is C11H23ClO3Si. The van der Waals surface area contributed by atoms with Crippen LogP contribution in [0.4, 0.5) is 0 Å². The Bertz CT molecular complexity index is 228. The molecule has 3 nitrogen and oxygen atoms in total. The number of halogens is 1. The van der Waals surface area contributed by atoms with Gasteiger partial charge in [-0.15, -0.1) is 0 Å². The van der Waals surface area contributed by atoms with Crippen molar-refractivity contribution in [3.8, 4) is 0 Å². The van der Waals surface area contributed by atoms with Gasteiger partial charge in [-0.3, -0.25) is 0 Å². The summed E-state index contributed by atoms with van der Waals surface area (Å²) in [6.45, 7) is 11.4. The lowest BCUT2D eigenvalue weighted by Crippen LogP contribution is -2.39. The highest BCUT2D eigenvalue weighted by molar-refractivity contribution is 7.19. The van der Waals surface area contributed by atoms with Gasteiger partial charge in [0.2, 0.25) is 0 Å². The Balaban J connectivity index is 2.34. The van der Waals surface area contributed by atoms with E-state index in [1.165, 1.54) is 0 Å². The van der Waals surface area contributed by atoms with Gasteiger partial charge in [0.25, 0.3) is 0 Å². The zero-order valence-corrected chi connectivity index (χ0v) is 12.6. The van der Waals surface area contributed by atoms with Crippen molar-refractivity contribution in [3.05, 3.63) is 0 Å². The quantitative estimate of drug-likeness (QED) is 0.566. The van der Waals surface area contributed by atoms with E-state index in [2.05, 4.69) is 20.0 Å². The van der Waals surface area contributed by atoms with Gasteiger partial charge in [0, 0.05) is 0 Å². The van der Waals surface area contributed by atoms with E-state index in [9.17, 15) is 0 Å². The van der Waals surface area contributed by atoms with E-state index in [-0.39, 0.29) is 11.8 Å². The lowest BCUT2D eigenvalue weighted by atomic mass is 10.4. The molecule has 1 fully saturated rings. The van der Waals surface area contributed by atoms with Gasteiger partial charge in [-0.05, 0) is 20.3 Å². The van der Waals surface area contributed by atoms with Gasteiger partial charge in [-0.1, -0.05) is 20.0 Å². The van der Waals surface area contributed by atoms with Crippen LogP contribution in [-0.4, -0.2) is 38.2 Å². The van der Waals surface area contributed by atoms with Crippen LogP contribution in [0.1, 0.15) is 27.2 Å². The minimum Gasteiger partial charge on any atom is -0.377 e. The lowest BCUT2D eigenvalue weighted by molar-refractivity contribution is -0.146. The summed E-state index contributed by atoms with van der Waals surface area (Å²) in [6, 6.07) is 0. The van der Waals surface area contributed by atoms with Crippen molar-refractivity contribution in [3.63, 3.8) is 0 Å². The minimum absolute atomic E-state index is 0.0390. The number of hydrogen-bond donors (Lipinski definition) is 0. The Morgan fingerprint density at radius 2 is 2.12 bits per heavy atom. The number of hydrogen-bond acceptors (Lipinski definition) is 3. The molecule has 0 aromatic carbocycles. The second kappa shape index (κ2) is 5.36. The molecule has 1 aliphatic heterocycles. The van der Waals surface area contributed by atoms with E-state index >= 15 is 0 Å². The van der Waals surface area contributed by atoms with Crippen molar-refractivity contribution in [2.24, 2.45) is 0 Å². The van der Waals surface area contributed by atoms with Gasteiger partial charge in [0.1, 0.15) is 6.10 Å². The molecule has 0 radical (unpaired) electrons. The molecule has 0 amide bonds. The topological polar surface area (TPSA) is 27.7 Å². The second-order valence-corrected chi connectivity index (χ2v) is 11.9. The normalized spacial score (nSPS) is 27.0. The van der Waals surface area contributed by atoms with Gasteiger partial charge in [-0.2, -0.15) is 11.1 Å². The summed E-state index contributed by atoms with van der Waals surface area (Å²) < 4.78 is 17.0. The molecule has 0 N–H and O–H groups in total. The van der Waals surface area contributed by atoms with Crippen molar-refractivity contribution in [1.82, 2.24) is 0 Å². The molecule has 0 aromatic heterocycles. The predicted molar refractivity (Wildman–Crippen MR) is 68.3 cm³/mol. The van der Waals surface area contributed by atoms with Gasteiger partial charge in [-0.25, -0.2) is 0 Å². The molecule has 1 rings (SSSR count). The zero-order chi connectivity index (χ0) is 12.4. The maximum absolute atomic E-state index is 6.38. The van der Waals surface area contributed by atoms with Crippen molar-refractivity contribution in [2.75, 3.05) is 13.2 Å². The molecule has 2 unspecified atom stereocenters. The molecule has 0 saturated carbocycles. The minimum atomic E-state index is -1.74. The largest absolute Gasteiger partial charge is 0.377 e. The Morgan fingerprint density at radius 1 is 1.50 bits per heavy atom. The van der Waals surface area contributed by atoms with E-state index in [0.29, 0.717) is 13.2 Å². The molecule has 1 heterocycles. The Labute approximate surface area is 104 Å². The number of rotatable bonds is 5. The third kappa shape index (κ3) is 4.34. The molecule has 96 valence electrons. The monoisotopic (exact) mass is 266 g/mol. The first kappa shape index (κ1) is 14.4. The molecule has 2 atom stereocenters. The first-order chi connectivity index (χ1) is 7.24. The summed E-state index contributed by atoms with van der Waals surface area (Å²) >= 11 is 6.38. The van der Waals surface area contributed by atoms with Gasteiger partial charge >= 0.3 is 0 Å². The summed E-state index contributed by atoms with van der Waals surface area (Å²) in [5.74, 6) is -0.469. The second-order valence-electron chi connectivity index (χ2n) is 5.25. The van der Waals surface area contributed by atoms with Crippen molar-refractivity contribution in [2.45, 2.75) is 57.9 Å². The van der Waals surface area contributed by atoms with Crippen molar-refractivity contribution >= 4 is 18.5 Å².